The second-order valence-corrected chi connectivity index (χ2v) is 65.7. The van der Waals surface area contributed by atoms with Gasteiger partial charge < -0.3 is 0 Å². The molecule has 260 valence electrons. The molecule has 2 aliphatic carbocycles. The minimum absolute atomic E-state index is 0.146. The first-order valence-corrected chi connectivity index (χ1v) is 38.0. The third-order valence-corrected chi connectivity index (χ3v) is 70.7. The van der Waals surface area contributed by atoms with Crippen molar-refractivity contribution >= 4 is 17.6 Å². The van der Waals surface area contributed by atoms with Gasteiger partial charge in [0.05, 0.1) is 0 Å². The Kier molecular flexibility index (Phi) is 9.37. The zero-order chi connectivity index (χ0) is 36.2. The number of hydrogen-bond donors (Lipinski definition) is 0. The van der Waals surface area contributed by atoms with Crippen LogP contribution in [0.25, 0.3) is 34.4 Å². The van der Waals surface area contributed by atoms with E-state index in [-0.39, 0.29) is 10.8 Å². The molecule has 0 amide bonds. The van der Waals surface area contributed by atoms with Gasteiger partial charge in [0.2, 0.25) is 0 Å². The molecule has 0 N–H and O–H groups in total. The fourth-order valence-electron chi connectivity index (χ4n) is 9.12. The second kappa shape index (κ2) is 13.3. The number of allylic oxidation sites excluding steroid dienone is 2. The van der Waals surface area contributed by atoms with Gasteiger partial charge in [0, 0.05) is 0 Å². The van der Waals surface area contributed by atoms with Crippen molar-refractivity contribution in [2.75, 3.05) is 0 Å². The summed E-state index contributed by atoms with van der Waals surface area (Å²) >= 11 is -3.99. The van der Waals surface area contributed by atoms with Gasteiger partial charge in [-0.05, 0) is 0 Å². The van der Waals surface area contributed by atoms with Crippen molar-refractivity contribution in [3.8, 4) is 22.3 Å². The normalized spacial score (nSPS) is 17.1. The molecule has 7 rings (SSSR count). The Morgan fingerprint density at radius 1 is 0.529 bits per heavy atom. The molecule has 0 nitrogen and oxygen atoms in total. The number of fused-ring (bicyclic) bond motifs is 2. The van der Waals surface area contributed by atoms with Gasteiger partial charge in [-0.25, -0.2) is 0 Å². The van der Waals surface area contributed by atoms with E-state index in [0.717, 1.165) is 0 Å². The molecular weight excluding hydrogens is 795 g/mol. The Labute approximate surface area is 309 Å². The molecule has 2 unspecified atom stereocenters. The van der Waals surface area contributed by atoms with Crippen LogP contribution in [0.2, 0.25) is 22.0 Å². The maximum atomic E-state index is 2.88. The van der Waals surface area contributed by atoms with Crippen LogP contribution in [0.5, 0.6) is 0 Å². The monoisotopic (exact) mass is 852 g/mol. The third-order valence-electron chi connectivity index (χ3n) is 12.9. The Morgan fingerprint density at radius 2 is 0.961 bits per heavy atom. The van der Waals surface area contributed by atoms with Crippen molar-refractivity contribution in [3.05, 3.63) is 166 Å². The van der Waals surface area contributed by atoms with Crippen LogP contribution in [0.1, 0.15) is 87.8 Å². The van der Waals surface area contributed by atoms with Crippen molar-refractivity contribution < 1.29 is 17.1 Å². The molecule has 0 radical (unpaired) electrons. The van der Waals surface area contributed by atoms with Crippen molar-refractivity contribution in [1.29, 1.82) is 0 Å². The van der Waals surface area contributed by atoms with Crippen LogP contribution < -0.4 is 0 Å². The van der Waals surface area contributed by atoms with E-state index in [2.05, 4.69) is 197 Å². The molecule has 2 atom stereocenters. The molecule has 2 aliphatic rings. The molecule has 0 saturated carbocycles. The quantitative estimate of drug-likeness (QED) is 0.143. The van der Waals surface area contributed by atoms with Crippen molar-refractivity contribution in [2.45, 2.75) is 88.1 Å². The standard InChI is InChI=1S/2C19H19.C9H12Si.2CH3.Hf/c2*1-19(2,3)16-12-10-15(11-13-16)18-9-5-7-14-6-4-8-17(14)18;1-10-8-7-9-5-3-2-4-6-9;;;/h2*4-13H,1-3H3;2-6H,7-8H2,1H3;2*1H3;. The van der Waals surface area contributed by atoms with Gasteiger partial charge in [0.1, 0.15) is 0 Å². The molecule has 5 aromatic rings. The van der Waals surface area contributed by atoms with Gasteiger partial charge in [0.15, 0.2) is 0 Å². The summed E-state index contributed by atoms with van der Waals surface area (Å²) in [6, 6.07) is 45.6. The molecule has 0 aromatic heterocycles. The van der Waals surface area contributed by atoms with Gasteiger partial charge in [-0.15, -0.1) is 0 Å². The van der Waals surface area contributed by atoms with Crippen molar-refractivity contribution in [2.24, 2.45) is 0 Å². The zero-order valence-electron chi connectivity index (χ0n) is 32.3. The van der Waals surface area contributed by atoms with Gasteiger partial charge in [-0.3, -0.25) is 0 Å². The van der Waals surface area contributed by atoms with Crippen LogP contribution in [0.4, 0.5) is 0 Å². The molecule has 0 fully saturated rings. The van der Waals surface area contributed by atoms with Crippen molar-refractivity contribution in [3.63, 3.8) is 0 Å². The predicted octanol–water partition coefficient (Wildman–Crippen LogP) is 14.1. The van der Waals surface area contributed by atoms with Crippen LogP contribution in [-0.4, -0.2) is 5.49 Å². The van der Waals surface area contributed by atoms with E-state index in [1.54, 1.807) is 11.1 Å². The van der Waals surface area contributed by atoms with Gasteiger partial charge >= 0.3 is 311 Å². The average molecular weight is 852 g/mol. The summed E-state index contributed by atoms with van der Waals surface area (Å²) in [5.74, 6) is 0. The van der Waals surface area contributed by atoms with Crippen LogP contribution in [-0.2, 0) is 34.4 Å². The van der Waals surface area contributed by atoms with E-state index in [4.69, 9.17) is 0 Å². The molecule has 0 saturated heterocycles. The summed E-state index contributed by atoms with van der Waals surface area (Å²) in [5, 5.41) is 0. The SMILES string of the molecule is C[Si](CCc1ccccc1)=[Hf]([CH3])([CH3])([CH]1C=Cc2c(-c3ccc(C(C)(C)C)cc3)cccc21)[CH]1C=Cc2c(-c3ccc(C(C)(C)C)cc3)cccc21. The van der Waals surface area contributed by atoms with E-state index in [1.165, 1.54) is 62.5 Å². The van der Waals surface area contributed by atoms with Crippen molar-refractivity contribution in [1.82, 2.24) is 0 Å². The van der Waals surface area contributed by atoms with Gasteiger partial charge in [0.25, 0.3) is 0 Å². The molecule has 0 aliphatic heterocycles. The minimum atomic E-state index is -3.99. The molecule has 5 aromatic carbocycles. The molecular formula is C49H56HfSi. The van der Waals surface area contributed by atoms with E-state index < -0.39 is 22.6 Å². The number of benzene rings is 5. The first-order valence-electron chi connectivity index (χ1n) is 19.1. The second-order valence-electron chi connectivity index (χ2n) is 18.3. The molecule has 0 bridgehead atoms. The fraction of sp³-hybridized carbons (Fsp3) is 0.306. The van der Waals surface area contributed by atoms with Gasteiger partial charge in [-0.2, -0.15) is 0 Å². The summed E-state index contributed by atoms with van der Waals surface area (Å²) in [6.07, 6.45) is 11.5. The summed E-state index contributed by atoms with van der Waals surface area (Å²) in [5.41, 5.74) is 15.3. The Balaban J connectivity index is 1.36. The Bertz CT molecular complexity index is 2080. The maximum absolute atomic E-state index is 3.99. The number of rotatable bonds is 7. The van der Waals surface area contributed by atoms with Crippen LogP contribution in [0.3, 0.4) is 0 Å². The first-order chi connectivity index (χ1) is 24.2. The van der Waals surface area contributed by atoms with Crippen LogP contribution >= 0.6 is 0 Å². The molecule has 2 heteroatoms. The van der Waals surface area contributed by atoms with E-state index in [0.29, 0.717) is 7.35 Å². The average Bonchev–Trinajstić information content (AvgIpc) is 3.77. The van der Waals surface area contributed by atoms with Crippen LogP contribution in [0.15, 0.2) is 127 Å². The molecule has 0 heterocycles. The predicted molar refractivity (Wildman–Crippen MR) is 223 cm³/mol. The topological polar surface area (TPSA) is 0 Å². The summed E-state index contributed by atoms with van der Waals surface area (Å²) in [7, 11) is 0. The molecule has 51 heavy (non-hydrogen) atoms. The van der Waals surface area contributed by atoms with E-state index >= 15 is 0 Å². The Hall–Kier alpha value is -3.33. The zero-order valence-corrected chi connectivity index (χ0v) is 36.9. The fourth-order valence-corrected chi connectivity index (χ4v) is 52.1. The summed E-state index contributed by atoms with van der Waals surface area (Å²) < 4.78 is 6.77. The Morgan fingerprint density at radius 3 is 1.37 bits per heavy atom. The summed E-state index contributed by atoms with van der Waals surface area (Å²) in [4.78, 5) is 0. The number of aryl methyl sites for hydroxylation is 1. The summed E-state index contributed by atoms with van der Waals surface area (Å²) in [6.45, 7) is 16.5. The van der Waals surface area contributed by atoms with E-state index in [9.17, 15) is 0 Å². The molecule has 0 spiro atoms. The van der Waals surface area contributed by atoms with Crippen LogP contribution in [0, 0.1) is 0 Å². The third kappa shape index (κ3) is 6.50. The number of hydrogen-bond acceptors (Lipinski definition) is 0. The first kappa shape index (κ1) is 36.0. The van der Waals surface area contributed by atoms with Gasteiger partial charge in [-0.1, -0.05) is 0 Å². The van der Waals surface area contributed by atoms with E-state index in [1.807, 2.05) is 0 Å².